The third-order valence-electron chi connectivity index (χ3n) is 3.77. The van der Waals surface area contributed by atoms with E-state index < -0.39 is 17.8 Å². The molecular formula is C19H22FIN2O3. The lowest BCUT2D eigenvalue weighted by molar-refractivity contribution is -0.0149. The molecule has 0 saturated carbocycles. The van der Waals surface area contributed by atoms with Gasteiger partial charge in [0.05, 0.1) is 17.4 Å². The Hall–Kier alpha value is -1.71. The molecule has 0 saturated heterocycles. The van der Waals surface area contributed by atoms with Crippen LogP contribution in [0.1, 0.15) is 35.7 Å². The van der Waals surface area contributed by atoms with Crippen LogP contribution < -0.4 is 10.8 Å². The largest absolute Gasteiger partial charge is 0.391 e. The SMILES string of the molecule is CCCC(O)CONC(=O)c1cccc(F)c1Nc1ccc(I)cc1C. The van der Waals surface area contributed by atoms with Gasteiger partial charge in [0.2, 0.25) is 0 Å². The third-order valence-corrected chi connectivity index (χ3v) is 4.44. The fraction of sp³-hybridized carbons (Fsp3) is 0.316. The summed E-state index contributed by atoms with van der Waals surface area (Å²) in [5.41, 5.74) is 4.10. The summed E-state index contributed by atoms with van der Waals surface area (Å²) in [5, 5.41) is 12.6. The summed E-state index contributed by atoms with van der Waals surface area (Å²) < 4.78 is 15.4. The van der Waals surface area contributed by atoms with Crippen molar-refractivity contribution in [3.8, 4) is 0 Å². The minimum Gasteiger partial charge on any atom is -0.391 e. The highest BCUT2D eigenvalue weighted by Gasteiger charge is 2.17. The fourth-order valence-electron chi connectivity index (χ4n) is 2.42. The number of aliphatic hydroxyl groups excluding tert-OH is 1. The van der Waals surface area contributed by atoms with E-state index in [9.17, 15) is 14.3 Å². The van der Waals surface area contributed by atoms with Gasteiger partial charge in [-0.05, 0) is 71.8 Å². The van der Waals surface area contributed by atoms with Gasteiger partial charge in [0, 0.05) is 9.26 Å². The van der Waals surface area contributed by atoms with Gasteiger partial charge in [-0.1, -0.05) is 19.4 Å². The summed E-state index contributed by atoms with van der Waals surface area (Å²) in [7, 11) is 0. The van der Waals surface area contributed by atoms with Crippen LogP contribution in [0.4, 0.5) is 15.8 Å². The van der Waals surface area contributed by atoms with Crippen LogP contribution in [0.15, 0.2) is 36.4 Å². The van der Waals surface area contributed by atoms with E-state index >= 15 is 0 Å². The predicted octanol–water partition coefficient (Wildman–Crippen LogP) is 4.30. The predicted molar refractivity (Wildman–Crippen MR) is 108 cm³/mol. The molecule has 0 spiro atoms. The Kier molecular flexibility index (Phi) is 7.80. The van der Waals surface area contributed by atoms with E-state index in [0.29, 0.717) is 12.1 Å². The monoisotopic (exact) mass is 472 g/mol. The molecule has 2 aromatic carbocycles. The highest BCUT2D eigenvalue weighted by atomic mass is 127. The van der Waals surface area contributed by atoms with Crippen LogP contribution in [0, 0.1) is 16.3 Å². The van der Waals surface area contributed by atoms with E-state index in [4.69, 9.17) is 4.84 Å². The van der Waals surface area contributed by atoms with E-state index in [1.807, 2.05) is 32.0 Å². The first kappa shape index (κ1) is 20.6. The van der Waals surface area contributed by atoms with Crippen LogP contribution in [0.5, 0.6) is 0 Å². The second-order valence-electron chi connectivity index (χ2n) is 5.93. The molecule has 0 aliphatic heterocycles. The molecule has 1 amide bonds. The maximum atomic E-state index is 14.3. The Morgan fingerprint density at radius 1 is 1.35 bits per heavy atom. The van der Waals surface area contributed by atoms with E-state index in [2.05, 4.69) is 33.4 Å². The summed E-state index contributed by atoms with van der Waals surface area (Å²) in [6, 6.07) is 9.95. The summed E-state index contributed by atoms with van der Waals surface area (Å²) in [6.45, 7) is 3.83. The van der Waals surface area contributed by atoms with Crippen molar-refractivity contribution in [3.63, 3.8) is 0 Å². The number of anilines is 2. The molecule has 1 atom stereocenters. The molecule has 0 aromatic heterocycles. The smallest absolute Gasteiger partial charge is 0.277 e. The second-order valence-corrected chi connectivity index (χ2v) is 7.18. The van der Waals surface area contributed by atoms with Gasteiger partial charge in [-0.15, -0.1) is 0 Å². The first-order valence-corrected chi connectivity index (χ1v) is 9.42. The molecule has 5 nitrogen and oxygen atoms in total. The molecule has 1 unspecified atom stereocenters. The highest BCUT2D eigenvalue weighted by molar-refractivity contribution is 14.1. The molecule has 0 aliphatic carbocycles. The average molecular weight is 472 g/mol. The highest BCUT2D eigenvalue weighted by Crippen LogP contribution is 2.27. The molecular weight excluding hydrogens is 450 g/mol. The van der Waals surface area contributed by atoms with Crippen LogP contribution in [-0.2, 0) is 4.84 Å². The first-order chi connectivity index (χ1) is 12.4. The molecule has 0 aliphatic rings. The molecule has 0 heterocycles. The number of hydrogen-bond donors (Lipinski definition) is 3. The summed E-state index contributed by atoms with van der Waals surface area (Å²) >= 11 is 2.20. The van der Waals surface area contributed by atoms with Crippen LogP contribution in [0.25, 0.3) is 0 Å². The van der Waals surface area contributed by atoms with E-state index in [1.165, 1.54) is 18.2 Å². The average Bonchev–Trinajstić information content (AvgIpc) is 2.58. The number of halogens is 2. The van der Waals surface area contributed by atoms with Crippen molar-refractivity contribution in [1.29, 1.82) is 0 Å². The minimum absolute atomic E-state index is 0.0200. The van der Waals surface area contributed by atoms with E-state index in [-0.39, 0.29) is 17.9 Å². The molecule has 26 heavy (non-hydrogen) atoms. The Bertz CT molecular complexity index is 770. The van der Waals surface area contributed by atoms with Crippen molar-refractivity contribution in [2.75, 3.05) is 11.9 Å². The van der Waals surface area contributed by atoms with E-state index in [1.54, 1.807) is 0 Å². The number of aliphatic hydroxyl groups is 1. The van der Waals surface area contributed by atoms with Crippen LogP contribution in [0.3, 0.4) is 0 Å². The molecule has 3 N–H and O–H groups in total. The van der Waals surface area contributed by atoms with E-state index in [0.717, 1.165) is 15.6 Å². The van der Waals surface area contributed by atoms with Crippen molar-refractivity contribution in [2.24, 2.45) is 0 Å². The first-order valence-electron chi connectivity index (χ1n) is 8.34. The second kappa shape index (κ2) is 9.84. The van der Waals surface area contributed by atoms with Crippen molar-refractivity contribution >= 4 is 39.9 Å². The zero-order valence-corrected chi connectivity index (χ0v) is 16.8. The maximum Gasteiger partial charge on any atom is 0.277 e. The quantitative estimate of drug-likeness (QED) is 0.396. The molecule has 0 bridgehead atoms. The molecule has 2 aromatic rings. The number of hydrogen-bond acceptors (Lipinski definition) is 4. The van der Waals surface area contributed by atoms with Gasteiger partial charge in [-0.2, -0.15) is 0 Å². The number of amides is 1. The number of nitrogens with one attached hydrogen (secondary N) is 2. The van der Waals surface area contributed by atoms with Gasteiger partial charge >= 0.3 is 0 Å². The van der Waals surface area contributed by atoms with Crippen molar-refractivity contribution in [2.45, 2.75) is 32.8 Å². The molecule has 0 radical (unpaired) electrons. The Balaban J connectivity index is 2.14. The maximum absolute atomic E-state index is 14.3. The van der Waals surface area contributed by atoms with Crippen molar-refractivity contribution in [1.82, 2.24) is 5.48 Å². The van der Waals surface area contributed by atoms with Gasteiger partial charge in [0.25, 0.3) is 5.91 Å². The minimum atomic E-state index is -0.653. The summed E-state index contributed by atoms with van der Waals surface area (Å²) in [5.74, 6) is -1.12. The van der Waals surface area contributed by atoms with Gasteiger partial charge in [0.15, 0.2) is 0 Å². The van der Waals surface area contributed by atoms with Gasteiger partial charge in [-0.3, -0.25) is 9.63 Å². The zero-order valence-electron chi connectivity index (χ0n) is 14.7. The van der Waals surface area contributed by atoms with Crippen LogP contribution in [-0.4, -0.2) is 23.7 Å². The normalized spacial score (nSPS) is 11.9. The molecule has 0 fully saturated rings. The number of benzene rings is 2. The molecule has 140 valence electrons. The Morgan fingerprint density at radius 3 is 2.81 bits per heavy atom. The standard InChI is InChI=1S/C19H22FIN2O3/c1-3-5-14(24)11-26-23-19(25)15-6-4-7-16(20)18(15)22-17-9-8-13(21)10-12(17)2/h4,6-10,14,22,24H,3,5,11H2,1-2H3,(H,23,25). The lowest BCUT2D eigenvalue weighted by Crippen LogP contribution is -2.29. The number of para-hydroxylation sites is 1. The number of rotatable bonds is 8. The topological polar surface area (TPSA) is 70.6 Å². The number of carbonyl (C=O) groups excluding carboxylic acids is 1. The lowest BCUT2D eigenvalue weighted by Gasteiger charge is -2.15. The Morgan fingerprint density at radius 2 is 2.12 bits per heavy atom. The zero-order chi connectivity index (χ0) is 19.1. The number of carbonyl (C=O) groups is 1. The van der Waals surface area contributed by atoms with Crippen molar-refractivity contribution < 1.29 is 19.1 Å². The Labute approximate surface area is 166 Å². The van der Waals surface area contributed by atoms with Gasteiger partial charge in [-0.25, -0.2) is 9.87 Å². The summed E-state index contributed by atoms with van der Waals surface area (Å²) in [4.78, 5) is 17.4. The number of aryl methyl sites for hydroxylation is 1. The van der Waals surface area contributed by atoms with Gasteiger partial charge in [0.1, 0.15) is 12.4 Å². The third kappa shape index (κ3) is 5.65. The molecule has 7 heteroatoms. The van der Waals surface area contributed by atoms with Crippen LogP contribution in [0.2, 0.25) is 0 Å². The number of hydroxylamine groups is 1. The van der Waals surface area contributed by atoms with Crippen molar-refractivity contribution in [3.05, 3.63) is 56.9 Å². The van der Waals surface area contributed by atoms with Crippen LogP contribution >= 0.6 is 22.6 Å². The summed E-state index contributed by atoms with van der Waals surface area (Å²) in [6.07, 6.45) is 0.736. The molecule has 2 rings (SSSR count). The fourth-order valence-corrected chi connectivity index (χ4v) is 3.06. The van der Waals surface area contributed by atoms with Gasteiger partial charge < -0.3 is 10.4 Å². The lowest BCUT2D eigenvalue weighted by atomic mass is 10.1.